The van der Waals surface area contributed by atoms with E-state index < -0.39 is 5.54 Å². The van der Waals surface area contributed by atoms with Crippen LogP contribution >= 0.6 is 0 Å². The zero-order valence-electron chi connectivity index (χ0n) is 11.1. The molecule has 3 heteroatoms. The quantitative estimate of drug-likeness (QED) is 0.831. The van der Waals surface area contributed by atoms with Crippen molar-refractivity contribution in [2.24, 2.45) is 5.92 Å². The Hall–Kier alpha value is -1.35. The molecule has 1 aliphatic carbocycles. The first-order chi connectivity index (χ1) is 8.69. The van der Waals surface area contributed by atoms with Crippen molar-refractivity contribution in [1.82, 2.24) is 5.32 Å². The molecular formula is C15H21NO2. The number of benzene rings is 1. The van der Waals surface area contributed by atoms with Crippen molar-refractivity contribution in [3.8, 4) is 0 Å². The van der Waals surface area contributed by atoms with Gasteiger partial charge in [-0.2, -0.15) is 0 Å². The van der Waals surface area contributed by atoms with Crippen molar-refractivity contribution in [2.45, 2.75) is 38.3 Å². The fraction of sp³-hybridized carbons (Fsp3) is 0.533. The number of rotatable bonds is 4. The van der Waals surface area contributed by atoms with Gasteiger partial charge in [0.1, 0.15) is 5.54 Å². The lowest BCUT2D eigenvalue weighted by atomic mass is 9.88. The number of hydrogen-bond donors (Lipinski definition) is 1. The van der Waals surface area contributed by atoms with Gasteiger partial charge in [0.15, 0.2) is 0 Å². The van der Waals surface area contributed by atoms with Gasteiger partial charge in [0.25, 0.3) is 0 Å². The van der Waals surface area contributed by atoms with Crippen molar-refractivity contribution in [2.75, 3.05) is 7.11 Å². The van der Waals surface area contributed by atoms with Crippen molar-refractivity contribution in [3.63, 3.8) is 0 Å². The number of carbonyl (C=O) groups excluding carboxylic acids is 1. The maximum absolute atomic E-state index is 12.1. The molecule has 0 amide bonds. The molecule has 0 spiro atoms. The van der Waals surface area contributed by atoms with Crippen LogP contribution in [0.3, 0.4) is 0 Å². The molecule has 0 aliphatic heterocycles. The smallest absolute Gasteiger partial charge is 0.326 e. The predicted octanol–water partition coefficient (Wildman–Crippen LogP) is 2.51. The van der Waals surface area contributed by atoms with Crippen LogP contribution in [0, 0.1) is 5.92 Å². The van der Waals surface area contributed by atoms with Crippen molar-refractivity contribution < 1.29 is 9.53 Å². The number of methoxy groups -OCH3 is 1. The average molecular weight is 247 g/mol. The molecule has 1 aromatic carbocycles. The summed E-state index contributed by atoms with van der Waals surface area (Å²) in [4.78, 5) is 12.1. The lowest BCUT2D eigenvalue weighted by Crippen LogP contribution is -2.54. The summed E-state index contributed by atoms with van der Waals surface area (Å²) in [6.45, 7) is 2.84. The minimum atomic E-state index is -0.495. The third kappa shape index (κ3) is 2.41. The van der Waals surface area contributed by atoms with Crippen LogP contribution < -0.4 is 5.32 Å². The van der Waals surface area contributed by atoms with Gasteiger partial charge in [-0.15, -0.1) is 0 Å². The van der Waals surface area contributed by atoms with Crippen molar-refractivity contribution in [1.29, 1.82) is 0 Å². The fourth-order valence-corrected chi connectivity index (χ4v) is 2.86. The molecule has 0 radical (unpaired) electrons. The van der Waals surface area contributed by atoms with E-state index in [4.69, 9.17) is 4.74 Å². The van der Waals surface area contributed by atoms with Crippen LogP contribution in [-0.2, 0) is 16.1 Å². The Morgan fingerprint density at radius 1 is 1.44 bits per heavy atom. The average Bonchev–Trinajstić information content (AvgIpc) is 2.79. The molecule has 18 heavy (non-hydrogen) atoms. The summed E-state index contributed by atoms with van der Waals surface area (Å²) in [5, 5.41) is 3.44. The lowest BCUT2D eigenvalue weighted by molar-refractivity contribution is -0.150. The number of ether oxygens (including phenoxy) is 1. The van der Waals surface area contributed by atoms with E-state index >= 15 is 0 Å². The topological polar surface area (TPSA) is 38.3 Å². The Balaban J connectivity index is 2.09. The summed E-state index contributed by atoms with van der Waals surface area (Å²) in [6.07, 6.45) is 3.03. The molecule has 1 aromatic rings. The zero-order chi connectivity index (χ0) is 13.0. The molecule has 0 saturated heterocycles. The van der Waals surface area contributed by atoms with Gasteiger partial charge in [-0.25, -0.2) is 0 Å². The van der Waals surface area contributed by atoms with Crippen LogP contribution in [0.25, 0.3) is 0 Å². The first-order valence-corrected chi connectivity index (χ1v) is 6.56. The van der Waals surface area contributed by atoms with Gasteiger partial charge in [-0.05, 0) is 24.3 Å². The Morgan fingerprint density at radius 2 is 2.17 bits per heavy atom. The monoisotopic (exact) mass is 247 g/mol. The largest absolute Gasteiger partial charge is 0.468 e. The lowest BCUT2D eigenvalue weighted by Gasteiger charge is -2.32. The van der Waals surface area contributed by atoms with Crippen molar-refractivity contribution >= 4 is 5.97 Å². The van der Waals surface area contributed by atoms with Crippen LogP contribution in [-0.4, -0.2) is 18.6 Å². The molecule has 1 aliphatic rings. The summed E-state index contributed by atoms with van der Waals surface area (Å²) in [7, 11) is 1.47. The molecule has 1 fully saturated rings. The first-order valence-electron chi connectivity index (χ1n) is 6.56. The van der Waals surface area contributed by atoms with Gasteiger partial charge >= 0.3 is 5.97 Å². The van der Waals surface area contributed by atoms with Gasteiger partial charge in [-0.1, -0.05) is 43.7 Å². The molecule has 2 atom stereocenters. The third-order valence-electron chi connectivity index (χ3n) is 4.05. The highest BCUT2D eigenvalue weighted by atomic mass is 16.5. The summed E-state index contributed by atoms with van der Waals surface area (Å²) in [5.74, 6) is 0.206. The number of esters is 1. The number of carbonyl (C=O) groups is 1. The van der Waals surface area contributed by atoms with E-state index in [0.29, 0.717) is 12.5 Å². The molecule has 2 rings (SSSR count). The fourth-order valence-electron chi connectivity index (χ4n) is 2.86. The van der Waals surface area contributed by atoms with Gasteiger partial charge in [0.05, 0.1) is 7.11 Å². The SMILES string of the molecule is COC(=O)C1(NCc2ccccc2)CCCC1C. The Morgan fingerprint density at radius 3 is 2.72 bits per heavy atom. The minimum absolute atomic E-state index is 0.122. The third-order valence-corrected chi connectivity index (χ3v) is 4.05. The van der Waals surface area contributed by atoms with Gasteiger partial charge in [-0.3, -0.25) is 10.1 Å². The van der Waals surface area contributed by atoms with Crippen LogP contribution in [0.2, 0.25) is 0 Å². The predicted molar refractivity (Wildman–Crippen MR) is 71.0 cm³/mol. The molecule has 0 aromatic heterocycles. The molecule has 0 heterocycles. The van der Waals surface area contributed by atoms with E-state index in [0.717, 1.165) is 19.3 Å². The maximum Gasteiger partial charge on any atom is 0.326 e. The second-order valence-electron chi connectivity index (χ2n) is 5.10. The summed E-state index contributed by atoms with van der Waals surface area (Å²) < 4.78 is 4.99. The van der Waals surface area contributed by atoms with Gasteiger partial charge in [0.2, 0.25) is 0 Å². The van der Waals surface area contributed by atoms with Crippen LogP contribution in [0.4, 0.5) is 0 Å². The van der Waals surface area contributed by atoms with E-state index in [1.54, 1.807) is 0 Å². The molecule has 0 bridgehead atoms. The summed E-state index contributed by atoms with van der Waals surface area (Å²) in [5.41, 5.74) is 0.699. The molecule has 2 unspecified atom stereocenters. The van der Waals surface area contributed by atoms with Crippen LogP contribution in [0.5, 0.6) is 0 Å². The minimum Gasteiger partial charge on any atom is -0.468 e. The zero-order valence-corrected chi connectivity index (χ0v) is 11.1. The van der Waals surface area contributed by atoms with E-state index in [-0.39, 0.29) is 5.97 Å². The first kappa shape index (κ1) is 13.1. The molecule has 3 nitrogen and oxygen atoms in total. The Kier molecular flexibility index (Phi) is 4.02. The second-order valence-corrected chi connectivity index (χ2v) is 5.10. The summed E-state index contributed by atoms with van der Waals surface area (Å²) in [6, 6.07) is 10.2. The highest BCUT2D eigenvalue weighted by Gasteiger charge is 2.47. The molecular weight excluding hydrogens is 226 g/mol. The van der Waals surface area contributed by atoms with E-state index in [1.165, 1.54) is 12.7 Å². The normalized spacial score (nSPS) is 27.1. The van der Waals surface area contributed by atoms with Crippen molar-refractivity contribution in [3.05, 3.63) is 35.9 Å². The van der Waals surface area contributed by atoms with Crippen LogP contribution in [0.1, 0.15) is 31.7 Å². The van der Waals surface area contributed by atoms with E-state index in [2.05, 4.69) is 24.4 Å². The standard InChI is InChI=1S/C15H21NO2/c1-12-7-6-10-15(12,14(17)18-2)16-11-13-8-4-3-5-9-13/h3-5,8-9,12,16H,6-7,10-11H2,1-2H3. The van der Waals surface area contributed by atoms with Crippen LogP contribution in [0.15, 0.2) is 30.3 Å². The number of hydrogen-bond acceptors (Lipinski definition) is 3. The Bertz CT molecular complexity index is 404. The van der Waals surface area contributed by atoms with Gasteiger partial charge in [0, 0.05) is 6.54 Å². The Labute approximate surface area is 109 Å². The highest BCUT2D eigenvalue weighted by molar-refractivity contribution is 5.81. The van der Waals surface area contributed by atoms with E-state index in [1.807, 2.05) is 18.2 Å². The molecule has 1 N–H and O–H groups in total. The molecule has 98 valence electrons. The summed E-state index contributed by atoms with van der Waals surface area (Å²) >= 11 is 0. The maximum atomic E-state index is 12.1. The van der Waals surface area contributed by atoms with E-state index in [9.17, 15) is 4.79 Å². The highest BCUT2D eigenvalue weighted by Crippen LogP contribution is 2.36. The molecule has 1 saturated carbocycles. The van der Waals surface area contributed by atoms with Gasteiger partial charge < -0.3 is 4.74 Å². The second kappa shape index (κ2) is 5.53. The number of nitrogens with one attached hydrogen (secondary N) is 1.